The van der Waals surface area contributed by atoms with E-state index in [1.54, 1.807) is 25.3 Å². The molecule has 0 aromatic heterocycles. The molecule has 1 fully saturated rings. The number of carbonyl (C=O) groups excluding carboxylic acids is 1. The van der Waals surface area contributed by atoms with Crippen LogP contribution in [0.15, 0.2) is 18.2 Å². The second-order valence-electron chi connectivity index (χ2n) is 5.83. The highest BCUT2D eigenvalue weighted by molar-refractivity contribution is 6.30. The van der Waals surface area contributed by atoms with E-state index in [-0.39, 0.29) is 29.9 Å². The van der Waals surface area contributed by atoms with Crippen molar-refractivity contribution in [3.63, 3.8) is 0 Å². The van der Waals surface area contributed by atoms with Gasteiger partial charge < -0.3 is 15.2 Å². The van der Waals surface area contributed by atoms with Gasteiger partial charge in [-0.25, -0.2) is 0 Å². The first kappa shape index (κ1) is 15.1. The van der Waals surface area contributed by atoms with Crippen LogP contribution in [-0.4, -0.2) is 30.3 Å². The Balaban J connectivity index is 2.00. The number of hydrogen-bond donors (Lipinski definition) is 2. The molecular weight excluding hydrogens is 278 g/mol. The zero-order valence-electron chi connectivity index (χ0n) is 11.9. The van der Waals surface area contributed by atoms with Crippen molar-refractivity contribution < 1.29 is 14.6 Å². The number of hydrogen-bond acceptors (Lipinski definition) is 3. The van der Waals surface area contributed by atoms with E-state index in [1.807, 2.05) is 13.8 Å². The Hall–Kier alpha value is -1.26. The summed E-state index contributed by atoms with van der Waals surface area (Å²) in [5, 5.41) is 13.2. The first-order valence-corrected chi connectivity index (χ1v) is 7.02. The van der Waals surface area contributed by atoms with Crippen LogP contribution < -0.4 is 10.1 Å². The highest BCUT2D eigenvalue weighted by atomic mass is 35.5. The Morgan fingerprint density at radius 1 is 1.55 bits per heavy atom. The molecule has 2 unspecified atom stereocenters. The van der Waals surface area contributed by atoms with E-state index in [0.29, 0.717) is 17.2 Å². The van der Waals surface area contributed by atoms with Crippen molar-refractivity contribution in [2.24, 2.45) is 5.41 Å². The van der Waals surface area contributed by atoms with Gasteiger partial charge >= 0.3 is 0 Å². The topological polar surface area (TPSA) is 58.6 Å². The van der Waals surface area contributed by atoms with Crippen LogP contribution in [0.3, 0.4) is 0 Å². The van der Waals surface area contributed by atoms with E-state index < -0.39 is 0 Å². The number of carbonyl (C=O) groups is 1. The molecule has 0 bridgehead atoms. The summed E-state index contributed by atoms with van der Waals surface area (Å²) in [6.45, 7) is 3.90. The van der Waals surface area contributed by atoms with Crippen molar-refractivity contribution in [1.82, 2.24) is 5.32 Å². The summed E-state index contributed by atoms with van der Waals surface area (Å²) in [4.78, 5) is 12.1. The predicted octanol–water partition coefficient (Wildman–Crippen LogP) is 2.17. The molecule has 1 aliphatic carbocycles. The Morgan fingerprint density at radius 3 is 2.80 bits per heavy atom. The molecule has 1 saturated carbocycles. The summed E-state index contributed by atoms with van der Waals surface area (Å²) >= 11 is 5.95. The number of ether oxygens (including phenoxy) is 1. The normalized spacial score (nSPS) is 23.9. The lowest BCUT2D eigenvalue weighted by atomic mass is 9.64. The number of nitrogens with one attached hydrogen (secondary N) is 1. The molecule has 1 amide bonds. The fraction of sp³-hybridized carbons (Fsp3) is 0.533. The molecule has 0 aliphatic heterocycles. The summed E-state index contributed by atoms with van der Waals surface area (Å²) in [6.07, 6.45) is 0.464. The molecule has 4 nitrogen and oxygen atoms in total. The Kier molecular flexibility index (Phi) is 4.25. The average molecular weight is 298 g/mol. The Morgan fingerprint density at radius 2 is 2.25 bits per heavy atom. The van der Waals surface area contributed by atoms with Crippen molar-refractivity contribution in [3.8, 4) is 5.75 Å². The molecule has 0 saturated heterocycles. The van der Waals surface area contributed by atoms with Crippen molar-refractivity contribution in [2.45, 2.75) is 38.8 Å². The second kappa shape index (κ2) is 5.62. The van der Waals surface area contributed by atoms with Crippen LogP contribution in [0.5, 0.6) is 5.75 Å². The van der Waals surface area contributed by atoms with E-state index in [0.717, 1.165) is 5.56 Å². The third kappa shape index (κ3) is 2.91. The van der Waals surface area contributed by atoms with E-state index in [9.17, 15) is 9.90 Å². The number of benzene rings is 1. The van der Waals surface area contributed by atoms with Crippen LogP contribution in [0.25, 0.3) is 0 Å². The van der Waals surface area contributed by atoms with Crippen LogP contribution in [0.4, 0.5) is 0 Å². The SMILES string of the molecule is COc1ccc(Cl)cc1CC(=O)NC1CC(O)C1(C)C. The molecule has 1 aromatic carbocycles. The quantitative estimate of drug-likeness (QED) is 0.895. The molecule has 5 heteroatoms. The molecule has 1 aliphatic rings. The number of halogens is 1. The second-order valence-corrected chi connectivity index (χ2v) is 6.26. The van der Waals surface area contributed by atoms with Crippen LogP contribution in [0, 0.1) is 5.41 Å². The smallest absolute Gasteiger partial charge is 0.224 e. The minimum Gasteiger partial charge on any atom is -0.496 e. The summed E-state index contributed by atoms with van der Waals surface area (Å²) < 4.78 is 5.23. The van der Waals surface area contributed by atoms with Gasteiger partial charge in [-0.1, -0.05) is 25.4 Å². The van der Waals surface area contributed by atoms with Gasteiger partial charge in [0.15, 0.2) is 0 Å². The minimum absolute atomic E-state index is 0.00943. The lowest BCUT2D eigenvalue weighted by Gasteiger charge is -2.49. The molecule has 110 valence electrons. The van der Waals surface area contributed by atoms with Gasteiger partial charge in [0.05, 0.1) is 19.6 Å². The van der Waals surface area contributed by atoms with Gasteiger partial charge in [0.25, 0.3) is 0 Å². The number of methoxy groups -OCH3 is 1. The highest BCUT2D eigenvalue weighted by Gasteiger charge is 2.47. The molecule has 2 atom stereocenters. The lowest BCUT2D eigenvalue weighted by Crippen LogP contribution is -2.61. The Bertz CT molecular complexity index is 516. The van der Waals surface area contributed by atoms with Crippen molar-refractivity contribution in [2.75, 3.05) is 7.11 Å². The van der Waals surface area contributed by atoms with Crippen molar-refractivity contribution in [1.29, 1.82) is 0 Å². The van der Waals surface area contributed by atoms with E-state index in [1.165, 1.54) is 0 Å². The largest absolute Gasteiger partial charge is 0.496 e. The van der Waals surface area contributed by atoms with E-state index >= 15 is 0 Å². The van der Waals surface area contributed by atoms with Gasteiger partial charge in [-0.2, -0.15) is 0 Å². The van der Waals surface area contributed by atoms with E-state index in [2.05, 4.69) is 5.32 Å². The molecule has 2 N–H and O–H groups in total. The third-order valence-corrected chi connectivity index (χ3v) is 4.38. The van der Waals surface area contributed by atoms with Crippen LogP contribution >= 0.6 is 11.6 Å². The van der Waals surface area contributed by atoms with Gasteiger partial charge in [-0.15, -0.1) is 0 Å². The first-order chi connectivity index (χ1) is 9.34. The van der Waals surface area contributed by atoms with Crippen LogP contribution in [0.1, 0.15) is 25.8 Å². The molecule has 20 heavy (non-hydrogen) atoms. The van der Waals surface area contributed by atoms with Crippen LogP contribution in [-0.2, 0) is 11.2 Å². The number of aliphatic hydroxyl groups excluding tert-OH is 1. The fourth-order valence-electron chi connectivity index (χ4n) is 2.45. The van der Waals surface area contributed by atoms with Gasteiger partial charge in [0, 0.05) is 22.0 Å². The average Bonchev–Trinajstić information content (AvgIpc) is 2.38. The maximum Gasteiger partial charge on any atom is 0.224 e. The standard InChI is InChI=1S/C15H20ClNO3/c1-15(2)12(8-13(15)18)17-14(19)7-9-6-10(16)4-5-11(9)20-3/h4-6,12-13,18H,7-8H2,1-3H3,(H,17,19). The maximum atomic E-state index is 12.1. The maximum absolute atomic E-state index is 12.1. The van der Waals surface area contributed by atoms with Gasteiger partial charge in [0.2, 0.25) is 5.91 Å². The summed E-state index contributed by atoms with van der Waals surface area (Å²) in [5.74, 6) is 0.563. The predicted molar refractivity (Wildman–Crippen MR) is 78.0 cm³/mol. The number of rotatable bonds is 4. The number of amides is 1. The van der Waals surface area contributed by atoms with E-state index in [4.69, 9.17) is 16.3 Å². The summed E-state index contributed by atoms with van der Waals surface area (Å²) in [7, 11) is 1.57. The molecule has 0 radical (unpaired) electrons. The van der Waals surface area contributed by atoms with Crippen molar-refractivity contribution >= 4 is 17.5 Å². The lowest BCUT2D eigenvalue weighted by molar-refractivity contribution is -0.128. The van der Waals surface area contributed by atoms with Gasteiger partial charge in [-0.05, 0) is 24.6 Å². The minimum atomic E-state index is -0.353. The molecular formula is C15H20ClNO3. The van der Waals surface area contributed by atoms with Crippen molar-refractivity contribution in [3.05, 3.63) is 28.8 Å². The molecule has 0 heterocycles. The first-order valence-electron chi connectivity index (χ1n) is 6.64. The molecule has 0 spiro atoms. The Labute approximate surface area is 124 Å². The van der Waals surface area contributed by atoms with Gasteiger partial charge in [-0.3, -0.25) is 4.79 Å². The zero-order chi connectivity index (χ0) is 14.9. The fourth-order valence-corrected chi connectivity index (χ4v) is 2.65. The highest BCUT2D eigenvalue weighted by Crippen LogP contribution is 2.40. The summed E-state index contributed by atoms with van der Waals surface area (Å²) in [6, 6.07) is 5.23. The number of aliphatic hydroxyl groups is 1. The molecule has 2 rings (SSSR count). The zero-order valence-corrected chi connectivity index (χ0v) is 12.7. The summed E-state index contributed by atoms with van der Waals surface area (Å²) in [5.41, 5.74) is 0.490. The van der Waals surface area contributed by atoms with Gasteiger partial charge in [0.1, 0.15) is 5.75 Å². The third-order valence-electron chi connectivity index (χ3n) is 4.14. The molecule has 1 aromatic rings. The van der Waals surface area contributed by atoms with Crippen LogP contribution in [0.2, 0.25) is 5.02 Å². The monoisotopic (exact) mass is 297 g/mol.